The van der Waals surface area contributed by atoms with Crippen LogP contribution in [-0.4, -0.2) is 42.9 Å². The molecule has 2 N–H and O–H groups in total. The Morgan fingerprint density at radius 3 is 2.83 bits per heavy atom. The number of carbonyl (C=O) groups is 1. The first-order chi connectivity index (χ1) is 14.0. The number of hydrazone groups is 1. The van der Waals surface area contributed by atoms with Gasteiger partial charge in [-0.3, -0.25) is 0 Å². The maximum absolute atomic E-state index is 11.6. The lowest BCUT2D eigenvalue weighted by molar-refractivity contribution is 0.0696. The monoisotopic (exact) mass is 428 g/mol. The van der Waals surface area contributed by atoms with E-state index in [0.717, 1.165) is 23.4 Å². The van der Waals surface area contributed by atoms with Gasteiger partial charge in [-0.2, -0.15) is 5.10 Å². The zero-order chi connectivity index (χ0) is 20.8. The fourth-order valence-corrected chi connectivity index (χ4v) is 3.81. The summed E-state index contributed by atoms with van der Waals surface area (Å²) in [5.41, 5.74) is 3.39. The lowest BCUT2D eigenvalue weighted by Gasteiger charge is -2.11. The summed E-state index contributed by atoms with van der Waals surface area (Å²) >= 11 is 7.70. The van der Waals surface area contributed by atoms with Gasteiger partial charge in [0, 0.05) is 28.6 Å². The van der Waals surface area contributed by atoms with Gasteiger partial charge in [-0.05, 0) is 37.7 Å². The topological polar surface area (TPSA) is 77.8 Å². The summed E-state index contributed by atoms with van der Waals surface area (Å²) in [4.78, 5) is 16.2. The third-order valence-corrected chi connectivity index (χ3v) is 5.59. The smallest absolute Gasteiger partial charge is 0.336 e. The molecule has 150 valence electrons. The van der Waals surface area contributed by atoms with Crippen molar-refractivity contribution in [3.05, 3.63) is 69.6 Å². The molecule has 3 aromatic rings. The summed E-state index contributed by atoms with van der Waals surface area (Å²) in [5.74, 6) is -0.976. The van der Waals surface area contributed by atoms with Crippen molar-refractivity contribution in [2.45, 2.75) is 6.42 Å². The first-order valence-electron chi connectivity index (χ1n) is 8.99. The molecule has 6 nitrogen and oxygen atoms in total. The molecule has 0 amide bonds. The number of nitrogens with zero attached hydrogens (tertiary/aromatic N) is 3. The first kappa shape index (κ1) is 21.0. The fourth-order valence-electron chi connectivity index (χ4n) is 2.83. The van der Waals surface area contributed by atoms with E-state index in [-0.39, 0.29) is 5.56 Å². The lowest BCUT2D eigenvalue weighted by atomic mass is 9.99. The number of rotatable bonds is 8. The predicted octanol–water partition coefficient (Wildman–Crippen LogP) is 4.39. The van der Waals surface area contributed by atoms with Gasteiger partial charge in [0.15, 0.2) is 0 Å². The van der Waals surface area contributed by atoms with E-state index in [9.17, 15) is 9.90 Å². The van der Waals surface area contributed by atoms with E-state index < -0.39 is 5.97 Å². The van der Waals surface area contributed by atoms with Crippen LogP contribution in [0.15, 0.2) is 52.9 Å². The quantitative estimate of drug-likeness (QED) is 0.411. The average molecular weight is 429 g/mol. The van der Waals surface area contributed by atoms with E-state index in [2.05, 4.69) is 15.4 Å². The summed E-state index contributed by atoms with van der Waals surface area (Å²) in [5, 5.41) is 21.9. The third-order valence-electron chi connectivity index (χ3n) is 4.35. The van der Waals surface area contributed by atoms with Crippen LogP contribution in [0, 0.1) is 0 Å². The van der Waals surface area contributed by atoms with Crippen molar-refractivity contribution in [3.63, 3.8) is 0 Å². The Hall–Kier alpha value is -2.74. The van der Waals surface area contributed by atoms with Gasteiger partial charge in [-0.15, -0.1) is 11.3 Å². The van der Waals surface area contributed by atoms with Gasteiger partial charge in [-0.25, -0.2) is 14.8 Å². The Bertz CT molecular complexity index is 1040. The normalized spacial score (nSPS) is 11.1. The third kappa shape index (κ3) is 5.00. The maximum Gasteiger partial charge on any atom is 0.336 e. The number of benzene rings is 2. The highest BCUT2D eigenvalue weighted by molar-refractivity contribution is 7.14. The zero-order valence-electron chi connectivity index (χ0n) is 16.1. The van der Waals surface area contributed by atoms with Gasteiger partial charge >= 0.3 is 5.97 Å². The second-order valence-corrected chi connectivity index (χ2v) is 7.54. The molecule has 0 aliphatic rings. The number of carboxylic acids is 1. The number of hydrogen-bond acceptors (Lipinski definition) is 6. The Morgan fingerprint density at radius 2 is 2.10 bits per heavy atom. The van der Waals surface area contributed by atoms with Crippen molar-refractivity contribution in [3.8, 4) is 11.3 Å². The van der Waals surface area contributed by atoms with Gasteiger partial charge in [0.05, 0.1) is 17.5 Å². The van der Waals surface area contributed by atoms with Crippen molar-refractivity contribution < 1.29 is 9.90 Å². The molecule has 0 fully saturated rings. The summed E-state index contributed by atoms with van der Waals surface area (Å²) in [6.45, 7) is 0.743. The number of aromatic nitrogens is 1. The summed E-state index contributed by atoms with van der Waals surface area (Å²) in [6.07, 6.45) is 2.29. The van der Waals surface area contributed by atoms with Gasteiger partial charge in [0.25, 0.3) is 0 Å². The molecule has 0 saturated carbocycles. The number of hydrogen-bond donors (Lipinski definition) is 2. The SMILES string of the molecule is CNCCc1cccc(C(=O)O)c1/C=N/N(C)c1nc(-c2ccccc2Cl)cs1. The molecule has 0 aliphatic heterocycles. The van der Waals surface area contributed by atoms with E-state index in [4.69, 9.17) is 11.6 Å². The molecule has 3 rings (SSSR count). The fraction of sp³-hybridized carbons (Fsp3) is 0.190. The van der Waals surface area contributed by atoms with E-state index in [1.165, 1.54) is 11.3 Å². The number of aromatic carboxylic acids is 1. The van der Waals surface area contributed by atoms with Crippen LogP contribution in [0.25, 0.3) is 11.3 Å². The van der Waals surface area contributed by atoms with Crippen molar-refractivity contribution in [2.24, 2.45) is 5.10 Å². The minimum atomic E-state index is -0.976. The summed E-state index contributed by atoms with van der Waals surface area (Å²) < 4.78 is 0. The number of halogens is 1. The number of thiazole rings is 1. The number of anilines is 1. The Morgan fingerprint density at radius 1 is 1.31 bits per heavy atom. The van der Waals surface area contributed by atoms with Gasteiger partial charge < -0.3 is 10.4 Å². The average Bonchev–Trinajstić information content (AvgIpc) is 3.21. The molecule has 8 heteroatoms. The van der Waals surface area contributed by atoms with Gasteiger partial charge in [0.1, 0.15) is 0 Å². The van der Waals surface area contributed by atoms with Crippen LogP contribution in [0.4, 0.5) is 5.13 Å². The molecule has 0 atom stereocenters. The number of carboxylic acid groups (broad SMARTS) is 1. The highest BCUT2D eigenvalue weighted by atomic mass is 35.5. The van der Waals surface area contributed by atoms with Crippen LogP contribution >= 0.6 is 22.9 Å². The van der Waals surface area contributed by atoms with Crippen LogP contribution in [-0.2, 0) is 6.42 Å². The minimum absolute atomic E-state index is 0.228. The van der Waals surface area contributed by atoms with Crippen LogP contribution in [0.5, 0.6) is 0 Å². The van der Waals surface area contributed by atoms with Crippen molar-refractivity contribution >= 4 is 40.3 Å². The molecule has 29 heavy (non-hydrogen) atoms. The molecular weight excluding hydrogens is 408 g/mol. The molecule has 2 aromatic carbocycles. The second kappa shape index (κ2) is 9.65. The maximum atomic E-state index is 11.6. The van der Waals surface area contributed by atoms with Crippen molar-refractivity contribution in [2.75, 3.05) is 25.6 Å². The molecule has 1 aromatic heterocycles. The van der Waals surface area contributed by atoms with Gasteiger partial charge in [0.2, 0.25) is 5.13 Å². The van der Waals surface area contributed by atoms with Crippen molar-refractivity contribution in [1.29, 1.82) is 0 Å². The van der Waals surface area contributed by atoms with E-state index >= 15 is 0 Å². The second-order valence-electron chi connectivity index (χ2n) is 6.30. The highest BCUT2D eigenvalue weighted by Gasteiger charge is 2.14. The highest BCUT2D eigenvalue weighted by Crippen LogP contribution is 2.31. The molecule has 0 saturated heterocycles. The Kier molecular flexibility index (Phi) is 6.98. The lowest BCUT2D eigenvalue weighted by Crippen LogP contribution is -2.14. The molecule has 1 heterocycles. The van der Waals surface area contributed by atoms with Crippen LogP contribution < -0.4 is 10.3 Å². The summed E-state index contributed by atoms with van der Waals surface area (Å²) in [7, 11) is 3.64. The van der Waals surface area contributed by atoms with Crippen LogP contribution in [0.3, 0.4) is 0 Å². The summed E-state index contributed by atoms with van der Waals surface area (Å²) in [6, 6.07) is 12.8. The van der Waals surface area contributed by atoms with Crippen LogP contribution in [0.1, 0.15) is 21.5 Å². The van der Waals surface area contributed by atoms with E-state index in [1.807, 2.05) is 42.8 Å². The molecule has 0 aliphatic carbocycles. The van der Waals surface area contributed by atoms with E-state index in [0.29, 0.717) is 22.1 Å². The molecule has 0 unspecified atom stereocenters. The first-order valence-corrected chi connectivity index (χ1v) is 10.2. The van der Waals surface area contributed by atoms with Crippen LogP contribution in [0.2, 0.25) is 5.02 Å². The van der Waals surface area contributed by atoms with Crippen molar-refractivity contribution in [1.82, 2.24) is 10.3 Å². The zero-order valence-corrected chi connectivity index (χ0v) is 17.7. The molecular formula is C21H21ClN4O2S. The number of nitrogens with one attached hydrogen (secondary N) is 1. The molecule has 0 spiro atoms. The number of likely N-dealkylation sites (N-methyl/N-ethyl adjacent to an activating group) is 1. The Labute approximate surface area is 178 Å². The van der Waals surface area contributed by atoms with Gasteiger partial charge in [-0.1, -0.05) is 41.9 Å². The predicted molar refractivity (Wildman–Crippen MR) is 120 cm³/mol. The largest absolute Gasteiger partial charge is 0.478 e. The minimum Gasteiger partial charge on any atom is -0.478 e. The molecule has 0 bridgehead atoms. The standard InChI is InChI=1S/C21H21ClN4O2S/c1-23-11-10-14-6-5-8-15(20(27)28)17(14)12-24-26(2)21-25-19(13-29-21)16-7-3-4-9-18(16)22/h3-9,12-13,23H,10-11H2,1-2H3,(H,27,28)/b24-12+. The Balaban J connectivity index is 1.87. The van der Waals surface area contributed by atoms with E-state index in [1.54, 1.807) is 30.4 Å². The molecule has 0 radical (unpaired) electrons.